The van der Waals surface area contributed by atoms with Crippen LogP contribution in [0.25, 0.3) is 0 Å². The molecule has 0 spiro atoms. The van der Waals surface area contributed by atoms with E-state index in [-0.39, 0.29) is 17.3 Å². The Balaban J connectivity index is 0.00000320. The number of aliphatic hydroxyl groups excluding tert-OH is 1. The number of piperidine rings is 1. The van der Waals surface area contributed by atoms with Crippen LogP contribution in [0.5, 0.6) is 5.75 Å². The fourth-order valence-corrected chi connectivity index (χ4v) is 6.71. The predicted molar refractivity (Wildman–Crippen MR) is 146 cm³/mol. The molecule has 0 saturated carbocycles. The van der Waals surface area contributed by atoms with E-state index in [0.29, 0.717) is 41.8 Å². The third-order valence-electron chi connectivity index (χ3n) is 7.01. The normalized spacial score (nSPS) is 21.4. The first-order valence-electron chi connectivity index (χ1n) is 12.2. The Hall–Kier alpha value is -2.30. The third-order valence-corrected chi connectivity index (χ3v) is 9.15. The molecule has 2 atom stereocenters. The summed E-state index contributed by atoms with van der Waals surface area (Å²) in [5, 5.41) is 12.2. The lowest BCUT2D eigenvalue weighted by Gasteiger charge is -2.47. The van der Waals surface area contributed by atoms with Crippen LogP contribution in [0.1, 0.15) is 50.5 Å². The Morgan fingerprint density at radius 3 is 2.51 bits per heavy atom. The molecule has 200 valence electrons. The largest absolute Gasteiger partial charge is 0.485 e. The van der Waals surface area contributed by atoms with Gasteiger partial charge in [0.15, 0.2) is 0 Å². The lowest BCUT2D eigenvalue weighted by molar-refractivity contribution is -0.0591. The number of aromatic nitrogens is 2. The highest BCUT2D eigenvalue weighted by atomic mass is 35.5. The van der Waals surface area contributed by atoms with Gasteiger partial charge in [0.05, 0.1) is 17.5 Å². The van der Waals surface area contributed by atoms with E-state index in [4.69, 9.17) is 16.3 Å². The van der Waals surface area contributed by atoms with Crippen molar-refractivity contribution in [3.63, 3.8) is 0 Å². The van der Waals surface area contributed by atoms with E-state index in [9.17, 15) is 13.5 Å². The van der Waals surface area contributed by atoms with Gasteiger partial charge in [-0.25, -0.2) is 13.4 Å². The fraction of sp³-hybridized carbons (Fsp3) is 0.423. The maximum absolute atomic E-state index is 13.5. The summed E-state index contributed by atoms with van der Waals surface area (Å²) in [4.78, 5) is 9.74. The molecule has 0 bridgehead atoms. The number of nitrogens with one attached hydrogen (secondary N) is 1. The van der Waals surface area contributed by atoms with Crippen molar-refractivity contribution in [2.75, 3.05) is 18.0 Å². The number of halogens is 2. The number of ether oxygens (including phenoxy) is 1. The van der Waals surface area contributed by atoms with Gasteiger partial charge in [0, 0.05) is 41.8 Å². The summed E-state index contributed by atoms with van der Waals surface area (Å²) in [7, 11) is -3.67. The van der Waals surface area contributed by atoms with Gasteiger partial charge < -0.3 is 19.7 Å². The number of hydrogen-bond donors (Lipinski definition) is 2. The van der Waals surface area contributed by atoms with Crippen LogP contribution in [0.3, 0.4) is 0 Å². The Morgan fingerprint density at radius 2 is 1.86 bits per heavy atom. The van der Waals surface area contributed by atoms with E-state index in [1.807, 2.05) is 30.9 Å². The number of sulfonamides is 1. The quantitative estimate of drug-likeness (QED) is 0.438. The molecular formula is C26H32Cl2N4O4S. The number of anilines is 1. The van der Waals surface area contributed by atoms with Crippen LogP contribution in [0.2, 0.25) is 5.02 Å². The van der Waals surface area contributed by atoms with Gasteiger partial charge in [-0.15, -0.1) is 12.4 Å². The highest BCUT2D eigenvalue weighted by molar-refractivity contribution is 7.89. The summed E-state index contributed by atoms with van der Waals surface area (Å²) < 4.78 is 34.7. The fourth-order valence-electron chi connectivity index (χ4n) is 5.03. The van der Waals surface area contributed by atoms with Crippen molar-refractivity contribution in [1.82, 2.24) is 14.3 Å². The van der Waals surface area contributed by atoms with E-state index in [2.05, 4.69) is 9.97 Å². The molecule has 0 unspecified atom stereocenters. The first kappa shape index (κ1) is 27.7. The topological polar surface area (TPSA) is 98.8 Å². The van der Waals surface area contributed by atoms with Crippen molar-refractivity contribution in [3.05, 3.63) is 71.3 Å². The first-order valence-corrected chi connectivity index (χ1v) is 14.0. The summed E-state index contributed by atoms with van der Waals surface area (Å²) in [5.74, 6) is 1.26. The zero-order valence-electron chi connectivity index (χ0n) is 20.8. The van der Waals surface area contributed by atoms with Gasteiger partial charge in [0.25, 0.3) is 0 Å². The second kappa shape index (κ2) is 10.8. The number of hydrogen-bond acceptors (Lipinski definition) is 6. The molecule has 8 nitrogen and oxygen atoms in total. The average Bonchev–Trinajstić information content (AvgIpc) is 3.38. The Kier molecular flexibility index (Phi) is 8.11. The molecule has 2 N–H and O–H groups in total. The van der Waals surface area contributed by atoms with E-state index in [1.54, 1.807) is 47.0 Å². The molecule has 1 saturated heterocycles. The molecule has 2 aliphatic rings. The summed E-state index contributed by atoms with van der Waals surface area (Å²) >= 11 is 6.17. The lowest BCUT2D eigenvalue weighted by Crippen LogP contribution is -2.53. The molecule has 1 fully saturated rings. The van der Waals surface area contributed by atoms with E-state index in [0.717, 1.165) is 24.9 Å². The van der Waals surface area contributed by atoms with Gasteiger partial charge in [-0.1, -0.05) is 18.0 Å². The summed E-state index contributed by atoms with van der Waals surface area (Å²) in [6.45, 7) is 5.06. The molecule has 0 amide bonds. The van der Waals surface area contributed by atoms with Crippen LogP contribution < -0.4 is 9.64 Å². The van der Waals surface area contributed by atoms with Crippen molar-refractivity contribution in [3.8, 4) is 5.75 Å². The molecule has 37 heavy (non-hydrogen) atoms. The van der Waals surface area contributed by atoms with Crippen molar-refractivity contribution < 1.29 is 18.3 Å². The number of H-pyrrole nitrogens is 1. The van der Waals surface area contributed by atoms with E-state index < -0.39 is 27.8 Å². The van der Waals surface area contributed by atoms with Crippen LogP contribution in [0.15, 0.2) is 59.8 Å². The van der Waals surface area contributed by atoms with Crippen LogP contribution in [-0.2, 0) is 16.6 Å². The van der Waals surface area contributed by atoms with Crippen LogP contribution in [0.4, 0.5) is 5.69 Å². The molecule has 2 aromatic carbocycles. The smallest absolute Gasteiger partial charge is 0.243 e. The van der Waals surface area contributed by atoms with Gasteiger partial charge >= 0.3 is 0 Å². The average molecular weight is 568 g/mol. The lowest BCUT2D eigenvalue weighted by atomic mass is 9.85. The standard InChI is InChI=1S/C26H31ClN4O4S.ClH/c1-26(2)25(32)24(31(17-23-28-12-13-29-23)19-8-6-18(27)7-9-19)21-16-20(10-11-22(21)35-26)36(33,34)30-14-4-3-5-15-30;/h6-13,16,24-25,32H,3-5,14-15,17H2,1-2H3,(H,28,29);1H/t24-,25+;/m0./s1. The van der Waals surface area contributed by atoms with Crippen molar-refractivity contribution in [2.24, 2.45) is 0 Å². The molecule has 3 aromatic rings. The first-order chi connectivity index (χ1) is 17.2. The zero-order chi connectivity index (χ0) is 25.5. The second-order valence-electron chi connectivity index (χ2n) is 9.90. The Bertz CT molecular complexity index is 1310. The number of nitrogens with zero attached hydrogens (tertiary/aromatic N) is 3. The second-order valence-corrected chi connectivity index (χ2v) is 12.3. The summed E-state index contributed by atoms with van der Waals surface area (Å²) in [6.07, 6.45) is 5.21. The molecule has 3 heterocycles. The van der Waals surface area contributed by atoms with Crippen LogP contribution in [-0.4, -0.2) is 52.6 Å². The molecule has 11 heteroatoms. The minimum atomic E-state index is -3.67. The van der Waals surface area contributed by atoms with Crippen LogP contribution in [0, 0.1) is 0 Å². The highest BCUT2D eigenvalue weighted by Crippen LogP contribution is 2.46. The SMILES string of the molecule is CC1(C)Oc2ccc(S(=O)(=O)N3CCCCC3)cc2[C@H](N(Cc2ncc[nH]2)c2ccc(Cl)cc2)[C@H]1O.Cl. The number of aliphatic hydroxyl groups is 1. The molecule has 0 aliphatic carbocycles. The summed E-state index contributed by atoms with van der Waals surface area (Å²) in [6, 6.07) is 11.7. The van der Waals surface area contributed by atoms with Gasteiger partial charge in [0.1, 0.15) is 23.3 Å². The number of fused-ring (bicyclic) bond motifs is 1. The van der Waals surface area contributed by atoms with Crippen molar-refractivity contribution in [1.29, 1.82) is 0 Å². The minimum absolute atomic E-state index is 0. The monoisotopic (exact) mass is 566 g/mol. The van der Waals surface area contributed by atoms with Crippen LogP contribution >= 0.6 is 24.0 Å². The number of benzene rings is 2. The number of aromatic amines is 1. The van der Waals surface area contributed by atoms with Gasteiger partial charge in [-0.3, -0.25) is 0 Å². The van der Waals surface area contributed by atoms with Gasteiger partial charge in [0.2, 0.25) is 10.0 Å². The third kappa shape index (κ3) is 5.47. The summed E-state index contributed by atoms with van der Waals surface area (Å²) in [5.41, 5.74) is 0.507. The maximum Gasteiger partial charge on any atom is 0.243 e. The number of imidazole rings is 1. The minimum Gasteiger partial charge on any atom is -0.485 e. The number of rotatable bonds is 6. The van der Waals surface area contributed by atoms with Gasteiger partial charge in [-0.2, -0.15) is 4.31 Å². The van der Waals surface area contributed by atoms with Crippen molar-refractivity contribution in [2.45, 2.75) is 62.3 Å². The molecule has 1 aromatic heterocycles. The maximum atomic E-state index is 13.5. The Morgan fingerprint density at radius 1 is 1.16 bits per heavy atom. The molecule has 5 rings (SSSR count). The predicted octanol–water partition coefficient (Wildman–Crippen LogP) is 4.94. The zero-order valence-corrected chi connectivity index (χ0v) is 23.2. The molecule has 0 radical (unpaired) electrons. The molecule has 2 aliphatic heterocycles. The highest BCUT2D eigenvalue weighted by Gasteiger charge is 2.46. The van der Waals surface area contributed by atoms with E-state index >= 15 is 0 Å². The van der Waals surface area contributed by atoms with E-state index in [1.165, 1.54) is 0 Å². The van der Waals surface area contributed by atoms with Crippen molar-refractivity contribution >= 4 is 39.7 Å². The van der Waals surface area contributed by atoms with Gasteiger partial charge in [-0.05, 0) is 69.2 Å². The Labute approximate surface area is 229 Å². The molecular weight excluding hydrogens is 535 g/mol.